The van der Waals surface area contributed by atoms with Crippen LogP contribution in [0.25, 0.3) is 0 Å². The van der Waals surface area contributed by atoms with Crippen LogP contribution < -0.4 is 14.2 Å². The first kappa shape index (κ1) is 42.4. The summed E-state index contributed by atoms with van der Waals surface area (Å²) in [5, 5.41) is 0. The maximum Gasteiger partial charge on any atom is 0.125 e. The number of hydrogen-bond acceptors (Lipinski definition) is 7. The fourth-order valence-corrected chi connectivity index (χ4v) is 2.67. The maximum atomic E-state index is 4.91. The second kappa shape index (κ2) is 30.7. The molecule has 0 atom stereocenters. The van der Waals surface area contributed by atoms with Gasteiger partial charge in [-0.25, -0.2) is 9.97 Å². The second-order valence-corrected chi connectivity index (χ2v) is 8.74. The number of benzene rings is 3. The average molecular weight is 616 g/mol. The van der Waals surface area contributed by atoms with E-state index in [1.54, 1.807) is 35.5 Å². The summed E-state index contributed by atoms with van der Waals surface area (Å²) < 4.78 is 19.0. The number of methoxy groups -OCH3 is 4. The van der Waals surface area contributed by atoms with E-state index in [2.05, 4.69) is 25.8 Å². The van der Waals surface area contributed by atoms with Gasteiger partial charge in [-0.2, -0.15) is 0 Å². The van der Waals surface area contributed by atoms with Crippen LogP contribution >= 0.6 is 0 Å². The Hall–Kier alpha value is -4.75. The summed E-state index contributed by atoms with van der Waals surface area (Å²) in [6.07, 6.45) is 5.49. The largest absolute Gasteiger partial charge is 0.497 e. The number of hydrogen-bond donors (Lipinski definition) is 0. The summed E-state index contributed by atoms with van der Waals surface area (Å²) >= 11 is 0. The number of ether oxygens (including phenoxy) is 4. The Labute approximate surface area is 272 Å². The van der Waals surface area contributed by atoms with Gasteiger partial charge in [0.25, 0.3) is 0 Å². The third kappa shape index (κ3) is 26.6. The molecule has 0 saturated heterocycles. The first-order valence-corrected chi connectivity index (χ1v) is 14.6. The molecule has 0 radical (unpaired) electrons. The summed E-state index contributed by atoms with van der Waals surface area (Å²) in [6.45, 7) is 11.9. The standard InChI is InChI=1S/C7H9N.3C7H8O.C6H8N2.C2H6O.C2H6/c1-6-3-4-7(2)8-5-6;3*1-8-7-5-3-2-4-6-7;1-5-3-7-6(2)8-4-5;1-3-2;1-2/h3-5H,1-2H3;3*2-6H,1H3;3-4H,1-2H3;1-2H3;1-2H3. The van der Waals surface area contributed by atoms with Crippen LogP contribution in [-0.4, -0.2) is 50.5 Å². The molecule has 5 aromatic rings. The summed E-state index contributed by atoms with van der Waals surface area (Å²) in [5.74, 6) is 3.56. The molecule has 2 aromatic heterocycles. The molecule has 0 aliphatic carbocycles. The lowest BCUT2D eigenvalue weighted by molar-refractivity contribution is 0.277. The van der Waals surface area contributed by atoms with Gasteiger partial charge in [-0.15, -0.1) is 0 Å². The molecule has 0 bridgehead atoms. The Bertz CT molecular complexity index is 1090. The van der Waals surface area contributed by atoms with Crippen molar-refractivity contribution >= 4 is 0 Å². The summed E-state index contributed by atoms with van der Waals surface area (Å²) in [5.41, 5.74) is 3.40. The number of aromatic nitrogens is 3. The molecule has 0 saturated carbocycles. The number of aryl methyl sites for hydroxylation is 4. The molecule has 0 fully saturated rings. The number of nitrogens with zero attached hydrogens (tertiary/aromatic N) is 3. The molecule has 7 heteroatoms. The van der Waals surface area contributed by atoms with Crippen molar-refractivity contribution in [3.63, 3.8) is 0 Å². The maximum absolute atomic E-state index is 4.91. The van der Waals surface area contributed by atoms with Crippen LogP contribution in [0, 0.1) is 27.7 Å². The first-order chi connectivity index (χ1) is 21.8. The van der Waals surface area contributed by atoms with E-state index in [0.717, 1.165) is 34.3 Å². The van der Waals surface area contributed by atoms with Crippen LogP contribution in [0.15, 0.2) is 122 Å². The lowest BCUT2D eigenvalue weighted by atomic mass is 10.3. The monoisotopic (exact) mass is 615 g/mol. The van der Waals surface area contributed by atoms with E-state index in [1.807, 2.05) is 157 Å². The molecule has 45 heavy (non-hydrogen) atoms. The van der Waals surface area contributed by atoms with Crippen molar-refractivity contribution in [3.05, 3.63) is 144 Å². The fourth-order valence-electron chi connectivity index (χ4n) is 2.67. The highest BCUT2D eigenvalue weighted by Crippen LogP contribution is 2.07. The van der Waals surface area contributed by atoms with E-state index >= 15 is 0 Å². The summed E-state index contributed by atoms with van der Waals surface area (Å²) in [4.78, 5) is 12.0. The first-order valence-electron chi connectivity index (χ1n) is 14.6. The zero-order valence-electron chi connectivity index (χ0n) is 29.0. The average Bonchev–Trinajstić information content (AvgIpc) is 3.11. The molecular formula is C38H53N3O4. The molecule has 7 nitrogen and oxygen atoms in total. The highest BCUT2D eigenvalue weighted by atomic mass is 16.5. The lowest BCUT2D eigenvalue weighted by Gasteiger charge is -1.93. The molecule has 244 valence electrons. The molecule has 2 heterocycles. The van der Waals surface area contributed by atoms with Crippen molar-refractivity contribution in [2.24, 2.45) is 0 Å². The SMILES string of the molecule is CC.COC.COc1ccccc1.COc1ccccc1.COc1ccccc1.Cc1ccc(C)nc1.Cc1cnc(C)nc1. The topological polar surface area (TPSA) is 75.6 Å². The molecule has 0 aliphatic heterocycles. The minimum absolute atomic E-state index is 0.829. The fraction of sp³-hybridized carbons (Fsp3) is 0.289. The van der Waals surface area contributed by atoms with Gasteiger partial charge in [-0.1, -0.05) is 74.5 Å². The van der Waals surface area contributed by atoms with Crippen LogP contribution in [0.1, 0.15) is 36.5 Å². The van der Waals surface area contributed by atoms with Crippen LogP contribution in [0.3, 0.4) is 0 Å². The molecule has 3 aromatic carbocycles. The van der Waals surface area contributed by atoms with Crippen molar-refractivity contribution < 1.29 is 18.9 Å². The zero-order chi connectivity index (χ0) is 34.1. The van der Waals surface area contributed by atoms with Crippen molar-refractivity contribution in [2.75, 3.05) is 35.5 Å². The highest BCUT2D eigenvalue weighted by Gasteiger charge is 1.84. The van der Waals surface area contributed by atoms with Gasteiger partial charge in [0, 0.05) is 38.5 Å². The van der Waals surface area contributed by atoms with Gasteiger partial charge in [-0.3, -0.25) is 4.98 Å². The van der Waals surface area contributed by atoms with Crippen LogP contribution in [0.5, 0.6) is 17.2 Å². The Balaban J connectivity index is 0. The van der Waals surface area contributed by atoms with Gasteiger partial charge in [0.05, 0.1) is 21.3 Å². The number of para-hydroxylation sites is 3. The predicted molar refractivity (Wildman–Crippen MR) is 188 cm³/mol. The molecule has 0 N–H and O–H groups in total. The zero-order valence-corrected chi connectivity index (χ0v) is 29.0. The van der Waals surface area contributed by atoms with E-state index in [1.165, 1.54) is 5.56 Å². The Morgan fingerprint density at radius 3 is 0.911 bits per heavy atom. The summed E-state index contributed by atoms with van der Waals surface area (Å²) in [6, 6.07) is 33.1. The van der Waals surface area contributed by atoms with E-state index in [4.69, 9.17) is 14.2 Å². The van der Waals surface area contributed by atoms with Crippen molar-refractivity contribution in [1.29, 1.82) is 0 Å². The number of pyridine rings is 1. The molecule has 0 amide bonds. The smallest absolute Gasteiger partial charge is 0.125 e. The minimum atomic E-state index is 0.829. The second-order valence-electron chi connectivity index (χ2n) is 8.74. The van der Waals surface area contributed by atoms with Gasteiger partial charge >= 0.3 is 0 Å². The highest BCUT2D eigenvalue weighted by molar-refractivity contribution is 5.21. The number of rotatable bonds is 3. The normalized spacial score (nSPS) is 8.42. The lowest BCUT2D eigenvalue weighted by Crippen LogP contribution is -1.84. The van der Waals surface area contributed by atoms with Crippen molar-refractivity contribution in [2.45, 2.75) is 41.5 Å². The van der Waals surface area contributed by atoms with Crippen molar-refractivity contribution in [1.82, 2.24) is 15.0 Å². The van der Waals surface area contributed by atoms with Crippen LogP contribution in [0.4, 0.5) is 0 Å². The van der Waals surface area contributed by atoms with E-state index < -0.39 is 0 Å². The Morgan fingerprint density at radius 2 is 0.711 bits per heavy atom. The predicted octanol–water partition coefficient (Wildman–Crippen LogP) is 9.17. The van der Waals surface area contributed by atoms with Gasteiger partial charge in [0.2, 0.25) is 0 Å². The summed E-state index contributed by atoms with van der Waals surface area (Å²) in [7, 11) is 8.24. The van der Waals surface area contributed by atoms with Crippen molar-refractivity contribution in [3.8, 4) is 17.2 Å². The van der Waals surface area contributed by atoms with E-state index in [-0.39, 0.29) is 0 Å². The quantitative estimate of drug-likeness (QED) is 0.200. The van der Waals surface area contributed by atoms with E-state index in [0.29, 0.717) is 0 Å². The van der Waals surface area contributed by atoms with Gasteiger partial charge < -0.3 is 18.9 Å². The third-order valence-corrected chi connectivity index (χ3v) is 4.91. The Morgan fingerprint density at radius 1 is 0.400 bits per heavy atom. The van der Waals surface area contributed by atoms with Gasteiger partial charge in [-0.05, 0) is 81.3 Å². The van der Waals surface area contributed by atoms with Gasteiger partial charge in [0.1, 0.15) is 23.1 Å². The Kier molecular flexibility index (Phi) is 28.9. The van der Waals surface area contributed by atoms with Crippen LogP contribution in [0.2, 0.25) is 0 Å². The minimum Gasteiger partial charge on any atom is -0.497 e. The molecule has 0 aliphatic rings. The van der Waals surface area contributed by atoms with Crippen LogP contribution in [-0.2, 0) is 4.74 Å². The molecule has 0 spiro atoms. The molecule has 5 rings (SSSR count). The molecule has 0 unspecified atom stereocenters. The van der Waals surface area contributed by atoms with Gasteiger partial charge in [0.15, 0.2) is 0 Å². The van der Waals surface area contributed by atoms with E-state index in [9.17, 15) is 0 Å². The molecular weight excluding hydrogens is 562 g/mol. The third-order valence-electron chi connectivity index (χ3n) is 4.91.